The fraction of sp³-hybridized carbons (Fsp3) is 0.167. The quantitative estimate of drug-likeness (QED) is 0.720. The van der Waals surface area contributed by atoms with Crippen LogP contribution in [-0.2, 0) is 11.3 Å². The number of amides is 1. The number of hydrogen-bond donors (Lipinski definition) is 0. The Morgan fingerprint density at radius 2 is 2.04 bits per heavy atom. The van der Waals surface area contributed by atoms with Crippen molar-refractivity contribution in [2.45, 2.75) is 11.9 Å². The zero-order valence-corrected chi connectivity index (χ0v) is 13.6. The predicted octanol–water partition coefficient (Wildman–Crippen LogP) is 3.98. The molecule has 122 valence electrons. The van der Waals surface area contributed by atoms with Gasteiger partial charge in [0.15, 0.2) is 0 Å². The lowest BCUT2D eigenvalue weighted by Crippen LogP contribution is -2.27. The van der Waals surface area contributed by atoms with E-state index in [1.165, 1.54) is 12.1 Å². The van der Waals surface area contributed by atoms with Crippen molar-refractivity contribution in [2.24, 2.45) is 0 Å². The Hall–Kier alpha value is -2.47. The first-order valence-corrected chi connectivity index (χ1v) is 8.63. The normalized spacial score (nSPS) is 17.6. The Kier molecular flexibility index (Phi) is 3.90. The van der Waals surface area contributed by atoms with Crippen molar-refractivity contribution in [2.75, 3.05) is 5.75 Å². The van der Waals surface area contributed by atoms with Crippen LogP contribution in [0.3, 0.4) is 0 Å². The molecule has 1 fully saturated rings. The Morgan fingerprint density at radius 3 is 2.79 bits per heavy atom. The van der Waals surface area contributed by atoms with Gasteiger partial charge in [0.25, 0.3) is 0 Å². The Labute approximate surface area is 142 Å². The lowest BCUT2D eigenvalue weighted by atomic mass is 10.3. The molecule has 0 bridgehead atoms. The summed E-state index contributed by atoms with van der Waals surface area (Å²) in [5, 5.41) is -0.0377. The van der Waals surface area contributed by atoms with Crippen molar-refractivity contribution in [1.82, 2.24) is 9.47 Å². The molecule has 24 heavy (non-hydrogen) atoms. The largest absolute Gasteiger partial charge is 0.467 e. The van der Waals surface area contributed by atoms with E-state index >= 15 is 0 Å². The summed E-state index contributed by atoms with van der Waals surface area (Å²) >= 11 is 1.61. The molecule has 4 nitrogen and oxygen atoms in total. The van der Waals surface area contributed by atoms with Crippen LogP contribution in [0.5, 0.6) is 0 Å². The van der Waals surface area contributed by atoms with Crippen LogP contribution in [0, 0.1) is 5.82 Å². The van der Waals surface area contributed by atoms with Gasteiger partial charge in [-0.1, -0.05) is 0 Å². The molecule has 1 aliphatic rings. The van der Waals surface area contributed by atoms with Gasteiger partial charge in [0.2, 0.25) is 5.91 Å². The molecule has 1 aliphatic heterocycles. The zero-order chi connectivity index (χ0) is 16.5. The standard InChI is InChI=1S/C18H15FN2O2S/c19-14-3-5-15(6-4-14)20-8-7-13(10-20)18-21(17(22)12-24-18)11-16-2-1-9-23-16/h1-10,18H,11-12H2. The second-order valence-electron chi connectivity index (χ2n) is 5.59. The number of hydrogen-bond acceptors (Lipinski definition) is 3. The van der Waals surface area contributed by atoms with E-state index in [-0.39, 0.29) is 17.1 Å². The van der Waals surface area contributed by atoms with Crippen LogP contribution < -0.4 is 0 Å². The van der Waals surface area contributed by atoms with Gasteiger partial charge in [0.05, 0.1) is 18.6 Å². The van der Waals surface area contributed by atoms with Crippen molar-refractivity contribution >= 4 is 17.7 Å². The average Bonchev–Trinajstić information content (AvgIpc) is 3.31. The summed E-state index contributed by atoms with van der Waals surface area (Å²) in [6.07, 6.45) is 5.53. The summed E-state index contributed by atoms with van der Waals surface area (Å²) in [6, 6.07) is 12.0. The van der Waals surface area contributed by atoms with Crippen LogP contribution in [0.1, 0.15) is 16.7 Å². The number of nitrogens with zero attached hydrogens (tertiary/aromatic N) is 2. The minimum atomic E-state index is -0.257. The molecule has 1 saturated heterocycles. The van der Waals surface area contributed by atoms with E-state index in [9.17, 15) is 9.18 Å². The lowest BCUT2D eigenvalue weighted by Gasteiger charge is -2.22. The number of rotatable bonds is 4. The van der Waals surface area contributed by atoms with E-state index in [4.69, 9.17) is 4.42 Å². The summed E-state index contributed by atoms with van der Waals surface area (Å²) in [4.78, 5) is 14.0. The molecule has 1 amide bonds. The van der Waals surface area contributed by atoms with Crippen molar-refractivity contribution in [3.05, 3.63) is 78.3 Å². The van der Waals surface area contributed by atoms with Crippen molar-refractivity contribution in [3.63, 3.8) is 0 Å². The molecule has 6 heteroatoms. The van der Waals surface area contributed by atoms with Crippen LogP contribution in [-0.4, -0.2) is 21.1 Å². The van der Waals surface area contributed by atoms with Crippen LogP contribution in [0.15, 0.2) is 65.5 Å². The molecular weight excluding hydrogens is 327 g/mol. The predicted molar refractivity (Wildman–Crippen MR) is 90.2 cm³/mol. The summed E-state index contributed by atoms with van der Waals surface area (Å²) in [6.45, 7) is 0.464. The third-order valence-electron chi connectivity index (χ3n) is 4.00. The molecule has 4 rings (SSSR count). The van der Waals surface area contributed by atoms with E-state index in [2.05, 4.69) is 0 Å². The highest BCUT2D eigenvalue weighted by molar-refractivity contribution is 8.00. The second-order valence-corrected chi connectivity index (χ2v) is 6.66. The first kappa shape index (κ1) is 15.1. The fourth-order valence-corrected chi connectivity index (χ4v) is 3.97. The molecule has 0 spiro atoms. The van der Waals surface area contributed by atoms with Gasteiger partial charge < -0.3 is 13.9 Å². The average molecular weight is 342 g/mol. The highest BCUT2D eigenvalue weighted by Gasteiger charge is 2.33. The maximum atomic E-state index is 13.1. The summed E-state index contributed by atoms with van der Waals surface area (Å²) < 4.78 is 20.4. The molecule has 2 aromatic heterocycles. The van der Waals surface area contributed by atoms with Gasteiger partial charge in [0, 0.05) is 23.6 Å². The third-order valence-corrected chi connectivity index (χ3v) is 5.26. The van der Waals surface area contributed by atoms with Gasteiger partial charge in [-0.3, -0.25) is 4.79 Å². The van der Waals surface area contributed by atoms with Gasteiger partial charge >= 0.3 is 0 Å². The molecule has 1 unspecified atom stereocenters. The van der Waals surface area contributed by atoms with E-state index in [1.807, 2.05) is 40.1 Å². The molecule has 1 aromatic carbocycles. The number of benzene rings is 1. The SMILES string of the molecule is O=C1CSC(c2ccn(-c3ccc(F)cc3)c2)N1Cc1ccco1. The number of furan rings is 1. The van der Waals surface area contributed by atoms with Gasteiger partial charge in [-0.25, -0.2) is 4.39 Å². The van der Waals surface area contributed by atoms with E-state index in [0.29, 0.717) is 12.3 Å². The van der Waals surface area contributed by atoms with Crippen LogP contribution >= 0.6 is 11.8 Å². The minimum absolute atomic E-state index is 0.0377. The Balaban J connectivity index is 1.58. The molecule has 0 radical (unpaired) electrons. The van der Waals surface area contributed by atoms with Crippen molar-refractivity contribution in [3.8, 4) is 5.69 Å². The first-order valence-electron chi connectivity index (χ1n) is 7.58. The molecule has 3 aromatic rings. The third kappa shape index (κ3) is 2.85. The van der Waals surface area contributed by atoms with Crippen LogP contribution in [0.4, 0.5) is 4.39 Å². The number of thioether (sulfide) groups is 1. The van der Waals surface area contributed by atoms with Gasteiger partial charge in [-0.15, -0.1) is 11.8 Å². The maximum absolute atomic E-state index is 13.1. The Morgan fingerprint density at radius 1 is 1.21 bits per heavy atom. The minimum Gasteiger partial charge on any atom is -0.467 e. The van der Waals surface area contributed by atoms with Gasteiger partial charge in [-0.2, -0.15) is 0 Å². The van der Waals surface area contributed by atoms with Gasteiger partial charge in [-0.05, 0) is 42.5 Å². The smallest absolute Gasteiger partial charge is 0.234 e. The highest BCUT2D eigenvalue weighted by Crippen LogP contribution is 2.40. The molecule has 3 heterocycles. The zero-order valence-electron chi connectivity index (χ0n) is 12.8. The van der Waals surface area contributed by atoms with Crippen LogP contribution in [0.25, 0.3) is 5.69 Å². The monoisotopic (exact) mass is 342 g/mol. The van der Waals surface area contributed by atoms with E-state index in [1.54, 1.807) is 30.2 Å². The topological polar surface area (TPSA) is 38.4 Å². The second kappa shape index (κ2) is 6.20. The molecule has 0 N–H and O–H groups in total. The lowest BCUT2D eigenvalue weighted by molar-refractivity contribution is -0.128. The number of halogens is 1. The van der Waals surface area contributed by atoms with Gasteiger partial charge in [0.1, 0.15) is 17.0 Å². The molecule has 1 atom stereocenters. The van der Waals surface area contributed by atoms with Crippen molar-refractivity contribution in [1.29, 1.82) is 0 Å². The summed E-state index contributed by atoms with van der Waals surface area (Å²) in [7, 11) is 0. The fourth-order valence-electron chi connectivity index (χ4n) is 2.80. The Bertz CT molecular complexity index is 842. The van der Waals surface area contributed by atoms with Crippen LogP contribution in [0.2, 0.25) is 0 Å². The number of carbonyl (C=O) groups is 1. The van der Waals surface area contributed by atoms with E-state index in [0.717, 1.165) is 17.0 Å². The molecular formula is C18H15FN2O2S. The van der Waals surface area contributed by atoms with Crippen molar-refractivity contribution < 1.29 is 13.6 Å². The maximum Gasteiger partial charge on any atom is 0.234 e. The first-order chi connectivity index (χ1) is 11.7. The highest BCUT2D eigenvalue weighted by atomic mass is 32.2. The van der Waals surface area contributed by atoms with E-state index < -0.39 is 0 Å². The molecule has 0 aliphatic carbocycles. The summed E-state index contributed by atoms with van der Waals surface area (Å²) in [5.41, 5.74) is 1.93. The summed E-state index contributed by atoms with van der Waals surface area (Å²) in [5.74, 6) is 1.09. The number of carbonyl (C=O) groups excluding carboxylic acids is 1. The number of aromatic nitrogens is 1. The molecule has 0 saturated carbocycles.